The molecule has 1 aliphatic rings. The third kappa shape index (κ3) is 4.63. The molecule has 1 atom stereocenters. The minimum Gasteiger partial charge on any atom is -0.365 e. The number of alkyl halides is 3. The number of carbonyl (C=O) groups is 2. The topological polar surface area (TPSA) is 117 Å². The lowest BCUT2D eigenvalue weighted by Gasteiger charge is -2.37. The van der Waals surface area contributed by atoms with Crippen LogP contribution in [0.25, 0.3) is 11.3 Å². The average Bonchev–Trinajstić information content (AvgIpc) is 3.19. The van der Waals surface area contributed by atoms with Gasteiger partial charge in [0.1, 0.15) is 17.6 Å². The third-order valence-corrected chi connectivity index (χ3v) is 5.73. The van der Waals surface area contributed by atoms with Crippen LogP contribution < -0.4 is 11.1 Å². The van der Waals surface area contributed by atoms with Crippen molar-refractivity contribution in [3.8, 4) is 17.3 Å². The number of halogens is 5. The smallest absolute Gasteiger partial charge is 0.365 e. The fraction of sp³-hybridized carbons (Fsp3) is 0.182. The molecule has 180 valence electrons. The highest BCUT2D eigenvalue weighted by atomic mass is 35.5. The van der Waals surface area contributed by atoms with Crippen molar-refractivity contribution in [1.82, 2.24) is 14.7 Å². The molecule has 13 heteroatoms. The first-order valence-corrected chi connectivity index (χ1v) is 10.4. The molecule has 35 heavy (non-hydrogen) atoms. The Labute approximate surface area is 200 Å². The minimum atomic E-state index is -4.82. The monoisotopic (exact) mass is 506 g/mol. The Balaban J connectivity index is 1.74. The number of hydrogen-bond acceptors (Lipinski definition) is 4. The summed E-state index contributed by atoms with van der Waals surface area (Å²) in [5.74, 6) is -1.72. The quantitative estimate of drug-likeness (QED) is 0.515. The van der Waals surface area contributed by atoms with Gasteiger partial charge in [0.25, 0.3) is 5.91 Å². The molecule has 3 amide bonds. The molecule has 0 bridgehead atoms. The average molecular weight is 507 g/mol. The van der Waals surface area contributed by atoms with E-state index in [-0.39, 0.29) is 33.2 Å². The molecule has 2 heterocycles. The van der Waals surface area contributed by atoms with E-state index in [2.05, 4.69) is 10.4 Å². The normalized spacial score (nSPS) is 15.3. The minimum absolute atomic E-state index is 0.0107. The van der Waals surface area contributed by atoms with Crippen LogP contribution in [-0.4, -0.2) is 38.8 Å². The number of anilines is 1. The molecule has 4 rings (SSSR count). The van der Waals surface area contributed by atoms with Crippen molar-refractivity contribution in [2.75, 3.05) is 5.32 Å². The summed E-state index contributed by atoms with van der Waals surface area (Å²) in [7, 11) is 0. The zero-order valence-electron chi connectivity index (χ0n) is 17.6. The Bertz CT molecular complexity index is 1360. The van der Waals surface area contributed by atoms with Gasteiger partial charge in [0.15, 0.2) is 0 Å². The summed E-state index contributed by atoms with van der Waals surface area (Å²) in [5.41, 5.74) is 5.87. The number of fused-ring (bicyclic) bond motifs is 1. The zero-order valence-corrected chi connectivity index (χ0v) is 18.4. The summed E-state index contributed by atoms with van der Waals surface area (Å²) in [4.78, 5) is 25.7. The van der Waals surface area contributed by atoms with E-state index in [0.717, 1.165) is 10.7 Å². The van der Waals surface area contributed by atoms with E-state index >= 15 is 0 Å². The number of nitrogens with two attached hydrogens (primary N) is 1. The van der Waals surface area contributed by atoms with Gasteiger partial charge in [-0.25, -0.2) is 9.18 Å². The van der Waals surface area contributed by atoms with Crippen molar-refractivity contribution in [2.24, 2.45) is 5.73 Å². The molecule has 0 spiro atoms. The van der Waals surface area contributed by atoms with Gasteiger partial charge in [-0.05, 0) is 42.5 Å². The first-order chi connectivity index (χ1) is 16.5. The first kappa shape index (κ1) is 24.0. The Hall–Kier alpha value is -4.11. The lowest BCUT2D eigenvalue weighted by molar-refractivity contribution is -0.184. The fourth-order valence-electron chi connectivity index (χ4n) is 3.76. The number of nitrogens with one attached hydrogen (secondary N) is 1. The lowest BCUT2D eigenvalue weighted by Crippen LogP contribution is -2.55. The number of amides is 3. The second-order valence-electron chi connectivity index (χ2n) is 7.65. The summed E-state index contributed by atoms with van der Waals surface area (Å²) in [6.45, 7) is -1.43. The predicted molar refractivity (Wildman–Crippen MR) is 117 cm³/mol. The fourth-order valence-corrected chi connectivity index (χ4v) is 3.94. The predicted octanol–water partition coefficient (Wildman–Crippen LogP) is 4.29. The molecule has 0 radical (unpaired) electrons. The number of primary amides is 1. The van der Waals surface area contributed by atoms with E-state index in [0.29, 0.717) is 10.5 Å². The number of urea groups is 1. The van der Waals surface area contributed by atoms with E-state index in [4.69, 9.17) is 22.6 Å². The molecule has 0 fully saturated rings. The molecule has 1 unspecified atom stereocenters. The van der Waals surface area contributed by atoms with Gasteiger partial charge in [-0.15, -0.1) is 0 Å². The lowest BCUT2D eigenvalue weighted by atomic mass is 10.0. The molecule has 2 aromatic carbocycles. The van der Waals surface area contributed by atoms with E-state index in [1.165, 1.54) is 36.4 Å². The molecular formula is C22H15ClF4N6O2. The summed E-state index contributed by atoms with van der Waals surface area (Å²) in [5, 5.41) is 15.1. The summed E-state index contributed by atoms with van der Waals surface area (Å²) >= 11 is 5.81. The number of carbonyl (C=O) groups excluding carboxylic acids is 2. The first-order valence-electron chi connectivity index (χ1n) is 9.99. The SMILES string of the molecule is N#Cc1ccc(NC(=O)N2Cc3c(C(N)=O)c(-c4ccc(F)c(Cl)c4)nn3CC2C(F)(F)F)cc1. The van der Waals surface area contributed by atoms with E-state index < -0.39 is 43.1 Å². The Morgan fingerprint density at radius 2 is 1.89 bits per heavy atom. The van der Waals surface area contributed by atoms with E-state index in [9.17, 15) is 27.2 Å². The number of benzene rings is 2. The third-order valence-electron chi connectivity index (χ3n) is 5.44. The Morgan fingerprint density at radius 1 is 1.20 bits per heavy atom. The molecule has 1 aromatic heterocycles. The number of aromatic nitrogens is 2. The van der Waals surface area contributed by atoms with Gasteiger partial charge in [-0.2, -0.15) is 23.5 Å². The second kappa shape index (κ2) is 8.92. The van der Waals surface area contributed by atoms with Crippen LogP contribution in [0.15, 0.2) is 42.5 Å². The van der Waals surface area contributed by atoms with Crippen LogP contribution in [0.5, 0.6) is 0 Å². The molecule has 0 aliphatic carbocycles. The van der Waals surface area contributed by atoms with Gasteiger partial charge in [0.2, 0.25) is 0 Å². The zero-order chi connectivity index (χ0) is 25.5. The Morgan fingerprint density at radius 3 is 2.46 bits per heavy atom. The highest BCUT2D eigenvalue weighted by Gasteiger charge is 2.49. The summed E-state index contributed by atoms with van der Waals surface area (Å²) < 4.78 is 56.3. The van der Waals surface area contributed by atoms with Crippen LogP contribution in [0.1, 0.15) is 21.6 Å². The Kier molecular flexibility index (Phi) is 6.12. The maximum atomic E-state index is 13.9. The van der Waals surface area contributed by atoms with Crippen LogP contribution in [0.3, 0.4) is 0 Å². The van der Waals surface area contributed by atoms with Crippen LogP contribution in [0.4, 0.5) is 28.0 Å². The molecule has 3 aromatic rings. The molecule has 8 nitrogen and oxygen atoms in total. The van der Waals surface area contributed by atoms with Crippen LogP contribution >= 0.6 is 11.6 Å². The van der Waals surface area contributed by atoms with Gasteiger partial charge in [-0.3, -0.25) is 9.48 Å². The van der Waals surface area contributed by atoms with Gasteiger partial charge in [-0.1, -0.05) is 11.6 Å². The number of nitriles is 1. The maximum Gasteiger partial charge on any atom is 0.410 e. The summed E-state index contributed by atoms with van der Waals surface area (Å²) in [6.07, 6.45) is -4.82. The molecule has 0 saturated heterocycles. The van der Waals surface area contributed by atoms with Crippen molar-refractivity contribution >= 4 is 29.2 Å². The molecule has 3 N–H and O–H groups in total. The van der Waals surface area contributed by atoms with Crippen LogP contribution in [0.2, 0.25) is 5.02 Å². The second-order valence-corrected chi connectivity index (χ2v) is 8.06. The van der Waals surface area contributed by atoms with Crippen molar-refractivity contribution in [2.45, 2.75) is 25.3 Å². The van der Waals surface area contributed by atoms with Crippen LogP contribution in [-0.2, 0) is 13.1 Å². The largest absolute Gasteiger partial charge is 0.410 e. The summed E-state index contributed by atoms with van der Waals surface area (Å²) in [6, 6.07) is 7.55. The number of nitrogens with zero attached hydrogens (tertiary/aromatic N) is 4. The number of hydrogen-bond donors (Lipinski definition) is 2. The molecule has 1 aliphatic heterocycles. The van der Waals surface area contributed by atoms with Crippen molar-refractivity contribution in [3.63, 3.8) is 0 Å². The van der Waals surface area contributed by atoms with Gasteiger partial charge in [0, 0.05) is 11.3 Å². The van der Waals surface area contributed by atoms with Crippen molar-refractivity contribution in [1.29, 1.82) is 5.26 Å². The van der Waals surface area contributed by atoms with Crippen molar-refractivity contribution < 1.29 is 27.2 Å². The highest BCUT2D eigenvalue weighted by molar-refractivity contribution is 6.31. The molecule has 0 saturated carbocycles. The standard InChI is InChI=1S/C22H15ClF4N6O2/c23-14-7-12(3-6-15(14)24)19-18(20(29)34)16-9-32(17(22(25,26)27)10-33(16)31-19)21(35)30-13-4-1-11(8-28)2-5-13/h1-7,17H,9-10H2,(H2,29,34)(H,30,35). The molecular weight excluding hydrogens is 492 g/mol. The van der Waals surface area contributed by atoms with E-state index in [1.54, 1.807) is 0 Å². The van der Waals surface area contributed by atoms with Gasteiger partial charge >= 0.3 is 12.2 Å². The van der Waals surface area contributed by atoms with Crippen molar-refractivity contribution in [3.05, 3.63) is 70.1 Å². The van der Waals surface area contributed by atoms with Crippen LogP contribution in [0, 0.1) is 17.1 Å². The maximum absolute atomic E-state index is 13.9. The highest BCUT2D eigenvalue weighted by Crippen LogP contribution is 2.36. The number of rotatable bonds is 3. The van der Waals surface area contributed by atoms with Gasteiger partial charge < -0.3 is 16.0 Å². The van der Waals surface area contributed by atoms with E-state index in [1.807, 2.05) is 6.07 Å². The van der Waals surface area contributed by atoms with Gasteiger partial charge in [0.05, 0.1) is 41.0 Å².